The highest BCUT2D eigenvalue weighted by Crippen LogP contribution is 2.32. The fourth-order valence-electron chi connectivity index (χ4n) is 1.40. The molecule has 0 spiro atoms. The first-order chi connectivity index (χ1) is 9.57. The predicted octanol–water partition coefficient (Wildman–Crippen LogP) is 2.06. The molecule has 0 aromatic heterocycles. The van der Waals surface area contributed by atoms with Crippen molar-refractivity contribution < 1.29 is 31.5 Å². The number of hydrogen-bond donors (Lipinski definition) is 3. The van der Waals surface area contributed by atoms with Gasteiger partial charge in [0.05, 0.1) is 16.8 Å². The fourth-order valence-corrected chi connectivity index (χ4v) is 2.42. The average molecular weight is 326 g/mol. The van der Waals surface area contributed by atoms with Gasteiger partial charge in [0.2, 0.25) is 0 Å². The number of carboxylic acid groups (broad SMARTS) is 1. The summed E-state index contributed by atoms with van der Waals surface area (Å²) in [5.41, 5.74) is -2.41. The van der Waals surface area contributed by atoms with Crippen molar-refractivity contribution in [3.8, 4) is 0 Å². The molecule has 1 aromatic rings. The van der Waals surface area contributed by atoms with Crippen LogP contribution in [0.5, 0.6) is 0 Å². The Hall–Kier alpha value is -1.81. The van der Waals surface area contributed by atoms with Crippen molar-refractivity contribution in [2.24, 2.45) is 0 Å². The summed E-state index contributed by atoms with van der Waals surface area (Å²) >= 11 is 0. The van der Waals surface area contributed by atoms with Gasteiger partial charge in [-0.1, -0.05) is 6.92 Å². The number of carboxylic acids is 1. The quantitative estimate of drug-likeness (QED) is 0.745. The number of rotatable bonds is 6. The highest BCUT2D eigenvalue weighted by Gasteiger charge is 2.32. The van der Waals surface area contributed by atoms with E-state index in [4.69, 9.17) is 5.11 Å². The molecule has 1 rings (SSSR count). The molecule has 0 fully saturated rings. The molecule has 0 amide bonds. The smallest absolute Gasteiger partial charge is 0.416 e. The van der Waals surface area contributed by atoms with Crippen LogP contribution in [0.2, 0.25) is 0 Å². The minimum atomic E-state index is -4.72. The molecule has 0 saturated carbocycles. The third-order valence-corrected chi connectivity index (χ3v) is 3.44. The van der Waals surface area contributed by atoms with Crippen LogP contribution in [0.15, 0.2) is 18.2 Å². The van der Waals surface area contributed by atoms with E-state index in [0.29, 0.717) is 18.6 Å². The van der Waals surface area contributed by atoms with E-state index in [1.807, 2.05) is 4.72 Å². The van der Waals surface area contributed by atoms with Crippen LogP contribution in [0.1, 0.15) is 29.3 Å². The average Bonchev–Trinajstić information content (AvgIpc) is 2.34. The summed E-state index contributed by atoms with van der Waals surface area (Å²) in [5, 5.41) is 8.91. The largest absolute Gasteiger partial charge is 0.478 e. The number of nitrogens with one attached hydrogen (secondary N) is 2. The summed E-state index contributed by atoms with van der Waals surface area (Å²) in [6.07, 6.45) is -4.22. The number of carbonyl (C=O) groups is 1. The Bertz CT molecular complexity index is 629. The molecule has 10 heteroatoms. The van der Waals surface area contributed by atoms with Gasteiger partial charge in [-0.15, -0.1) is 0 Å². The molecule has 21 heavy (non-hydrogen) atoms. The van der Waals surface area contributed by atoms with Gasteiger partial charge in [-0.05, 0) is 24.6 Å². The maximum atomic E-state index is 12.5. The van der Waals surface area contributed by atoms with Gasteiger partial charge in [-0.25, -0.2) is 4.79 Å². The van der Waals surface area contributed by atoms with Gasteiger partial charge in [-0.2, -0.15) is 26.3 Å². The van der Waals surface area contributed by atoms with Crippen molar-refractivity contribution in [3.05, 3.63) is 29.3 Å². The molecule has 0 aliphatic carbocycles. The number of anilines is 1. The molecule has 0 aliphatic rings. The molecule has 0 bridgehead atoms. The number of alkyl halides is 3. The van der Waals surface area contributed by atoms with E-state index in [2.05, 4.69) is 4.72 Å². The van der Waals surface area contributed by atoms with Crippen molar-refractivity contribution in [1.82, 2.24) is 4.72 Å². The monoisotopic (exact) mass is 326 g/mol. The number of aromatic carboxylic acids is 1. The molecule has 6 nitrogen and oxygen atoms in total. The summed E-state index contributed by atoms with van der Waals surface area (Å²) in [5.74, 6) is -1.67. The Kier molecular flexibility index (Phi) is 5.18. The third-order valence-electron chi connectivity index (χ3n) is 2.36. The minimum Gasteiger partial charge on any atom is -0.478 e. The van der Waals surface area contributed by atoms with Crippen LogP contribution in [0, 0.1) is 0 Å². The summed E-state index contributed by atoms with van der Waals surface area (Å²) in [7, 11) is -4.05. The van der Waals surface area contributed by atoms with E-state index in [1.165, 1.54) is 0 Å². The molecular weight excluding hydrogens is 313 g/mol. The van der Waals surface area contributed by atoms with Crippen molar-refractivity contribution in [2.75, 3.05) is 11.3 Å². The summed E-state index contributed by atoms with van der Waals surface area (Å²) in [6.45, 7) is 1.82. The van der Waals surface area contributed by atoms with Crippen LogP contribution >= 0.6 is 0 Å². The maximum absolute atomic E-state index is 12.5. The first-order valence-corrected chi connectivity index (χ1v) is 7.27. The van der Waals surface area contributed by atoms with E-state index in [1.54, 1.807) is 6.92 Å². The van der Waals surface area contributed by atoms with E-state index >= 15 is 0 Å². The molecule has 0 unspecified atom stereocenters. The molecule has 118 valence electrons. The number of benzene rings is 1. The van der Waals surface area contributed by atoms with Gasteiger partial charge in [0.1, 0.15) is 0 Å². The van der Waals surface area contributed by atoms with E-state index in [-0.39, 0.29) is 6.54 Å². The Morgan fingerprint density at radius 1 is 1.33 bits per heavy atom. The maximum Gasteiger partial charge on any atom is 0.416 e. The summed E-state index contributed by atoms with van der Waals surface area (Å²) < 4.78 is 64.7. The highest BCUT2D eigenvalue weighted by molar-refractivity contribution is 7.90. The second-order valence-corrected chi connectivity index (χ2v) is 5.56. The van der Waals surface area contributed by atoms with Crippen molar-refractivity contribution in [2.45, 2.75) is 19.5 Å². The molecule has 0 aliphatic heterocycles. The van der Waals surface area contributed by atoms with Crippen molar-refractivity contribution >= 4 is 21.9 Å². The summed E-state index contributed by atoms with van der Waals surface area (Å²) in [4.78, 5) is 11.0. The first kappa shape index (κ1) is 17.2. The Morgan fingerprint density at radius 2 is 1.95 bits per heavy atom. The van der Waals surface area contributed by atoms with Crippen LogP contribution in [0.4, 0.5) is 18.9 Å². The molecule has 3 N–H and O–H groups in total. The van der Waals surface area contributed by atoms with Crippen LogP contribution in [0.3, 0.4) is 0 Å². The van der Waals surface area contributed by atoms with Crippen LogP contribution in [0.25, 0.3) is 0 Å². The minimum absolute atomic E-state index is 0.109. The highest BCUT2D eigenvalue weighted by atomic mass is 32.2. The summed E-state index contributed by atoms with van der Waals surface area (Å²) in [6, 6.07) is 1.74. The molecule has 1 aromatic carbocycles. The lowest BCUT2D eigenvalue weighted by Gasteiger charge is -2.13. The second-order valence-electron chi connectivity index (χ2n) is 4.06. The molecular formula is C11H13F3N2O4S. The van der Waals surface area contributed by atoms with E-state index in [9.17, 15) is 26.4 Å². The normalized spacial score (nSPS) is 12.2. The predicted molar refractivity (Wildman–Crippen MR) is 69.2 cm³/mol. The van der Waals surface area contributed by atoms with E-state index < -0.39 is 39.2 Å². The lowest BCUT2D eigenvalue weighted by molar-refractivity contribution is -0.137. The lowest BCUT2D eigenvalue weighted by Crippen LogP contribution is -2.31. The SMILES string of the molecule is CCCNS(=O)(=O)Nc1ccc(C(F)(F)F)cc1C(=O)O. The van der Waals surface area contributed by atoms with E-state index in [0.717, 1.165) is 6.07 Å². The zero-order valence-corrected chi connectivity index (χ0v) is 11.7. The topological polar surface area (TPSA) is 95.5 Å². The van der Waals surface area contributed by atoms with Gasteiger partial charge >= 0.3 is 12.1 Å². The van der Waals surface area contributed by atoms with Gasteiger partial charge in [0, 0.05) is 6.54 Å². The van der Waals surface area contributed by atoms with Gasteiger partial charge in [0.15, 0.2) is 0 Å². The van der Waals surface area contributed by atoms with Gasteiger partial charge in [0.25, 0.3) is 10.2 Å². The Balaban J connectivity index is 3.17. The van der Waals surface area contributed by atoms with Gasteiger partial charge in [-0.3, -0.25) is 4.72 Å². The first-order valence-electron chi connectivity index (χ1n) is 5.78. The number of hydrogen-bond acceptors (Lipinski definition) is 3. The lowest BCUT2D eigenvalue weighted by atomic mass is 10.1. The zero-order valence-electron chi connectivity index (χ0n) is 10.9. The van der Waals surface area contributed by atoms with Crippen LogP contribution in [-0.2, 0) is 16.4 Å². The fraction of sp³-hybridized carbons (Fsp3) is 0.364. The van der Waals surface area contributed by atoms with Crippen molar-refractivity contribution in [3.63, 3.8) is 0 Å². The molecule has 0 heterocycles. The zero-order chi connectivity index (χ0) is 16.3. The second kappa shape index (κ2) is 6.31. The number of halogens is 3. The van der Waals surface area contributed by atoms with Gasteiger partial charge < -0.3 is 5.11 Å². The standard InChI is InChI=1S/C11H13F3N2O4S/c1-2-5-15-21(19,20)16-9-4-3-7(11(12,13)14)6-8(9)10(17)18/h3-4,6,15-16H,2,5H2,1H3,(H,17,18). The van der Waals surface area contributed by atoms with Crippen molar-refractivity contribution in [1.29, 1.82) is 0 Å². The molecule has 0 radical (unpaired) electrons. The molecule has 0 atom stereocenters. The molecule has 0 saturated heterocycles. The van der Waals surface area contributed by atoms with Crippen LogP contribution < -0.4 is 9.44 Å². The Labute approximate surface area is 119 Å². The van der Waals surface area contributed by atoms with Crippen LogP contribution in [-0.4, -0.2) is 26.0 Å². The Morgan fingerprint density at radius 3 is 2.43 bits per heavy atom. The third kappa shape index (κ3) is 4.90.